The van der Waals surface area contributed by atoms with Gasteiger partial charge in [-0.3, -0.25) is 0 Å². The minimum Gasteiger partial charge on any atom is -0.338 e. The van der Waals surface area contributed by atoms with E-state index in [9.17, 15) is 22.4 Å². The number of allylic oxidation sites excluding steroid dienone is 3. The van der Waals surface area contributed by atoms with E-state index in [4.69, 9.17) is 0 Å². The van der Waals surface area contributed by atoms with Gasteiger partial charge in [0.15, 0.2) is 0 Å². The van der Waals surface area contributed by atoms with E-state index in [1.165, 1.54) is 12.1 Å². The molecule has 3 nitrogen and oxygen atoms in total. The predicted molar refractivity (Wildman–Crippen MR) is 136 cm³/mol. The summed E-state index contributed by atoms with van der Waals surface area (Å²) < 4.78 is 54.4. The van der Waals surface area contributed by atoms with E-state index in [-0.39, 0.29) is 24.0 Å². The van der Waals surface area contributed by atoms with Crippen molar-refractivity contribution in [2.24, 2.45) is 0 Å². The fraction of sp³-hybridized carbons (Fsp3) is 0.414. The maximum Gasteiger partial charge on any atom is 0.417 e. The summed E-state index contributed by atoms with van der Waals surface area (Å²) in [6.45, 7) is 3.31. The molecule has 7 heteroatoms. The van der Waals surface area contributed by atoms with Crippen LogP contribution in [0.1, 0.15) is 63.0 Å². The van der Waals surface area contributed by atoms with Crippen LogP contribution in [0, 0.1) is 0 Å². The summed E-state index contributed by atoms with van der Waals surface area (Å²) >= 11 is 0. The van der Waals surface area contributed by atoms with Crippen LogP contribution in [-0.4, -0.2) is 24.0 Å². The highest BCUT2D eigenvalue weighted by atomic mass is 19.4. The normalized spacial score (nSPS) is 13.7. The van der Waals surface area contributed by atoms with Crippen LogP contribution in [0.4, 0.5) is 22.4 Å². The van der Waals surface area contributed by atoms with Gasteiger partial charge in [0.05, 0.1) is 5.56 Å². The number of rotatable bonds is 11. The molecule has 0 saturated heterocycles. The molecule has 36 heavy (non-hydrogen) atoms. The molecule has 1 N–H and O–H groups in total. The molecule has 0 heterocycles. The van der Waals surface area contributed by atoms with Gasteiger partial charge >= 0.3 is 12.2 Å². The Morgan fingerprint density at radius 2 is 1.69 bits per heavy atom. The highest BCUT2D eigenvalue weighted by Crippen LogP contribution is 2.37. The topological polar surface area (TPSA) is 32.3 Å². The van der Waals surface area contributed by atoms with E-state index >= 15 is 0 Å². The molecule has 2 aromatic rings. The second kappa shape index (κ2) is 13.3. The van der Waals surface area contributed by atoms with Crippen LogP contribution in [0.2, 0.25) is 0 Å². The molecule has 0 saturated carbocycles. The predicted octanol–water partition coefficient (Wildman–Crippen LogP) is 8.43. The van der Waals surface area contributed by atoms with Crippen molar-refractivity contribution in [2.45, 2.75) is 64.6 Å². The Kier molecular flexibility index (Phi) is 10.1. The first-order valence-electron chi connectivity index (χ1n) is 12.6. The molecule has 3 rings (SSSR count). The van der Waals surface area contributed by atoms with Gasteiger partial charge in [-0.05, 0) is 60.1 Å². The quantitative estimate of drug-likeness (QED) is 0.243. The van der Waals surface area contributed by atoms with Crippen LogP contribution < -0.4 is 5.32 Å². The first-order valence-corrected chi connectivity index (χ1v) is 12.6. The Bertz CT molecular complexity index is 1060. The van der Waals surface area contributed by atoms with Crippen molar-refractivity contribution in [3.8, 4) is 11.1 Å². The minimum atomic E-state index is -4.45. The number of amides is 2. The second-order valence-corrected chi connectivity index (χ2v) is 9.06. The van der Waals surface area contributed by atoms with E-state index in [0.29, 0.717) is 37.1 Å². The third kappa shape index (κ3) is 7.97. The lowest BCUT2D eigenvalue weighted by Crippen LogP contribution is -2.40. The molecular weight excluding hydrogens is 468 g/mol. The smallest absolute Gasteiger partial charge is 0.338 e. The van der Waals surface area contributed by atoms with Gasteiger partial charge in [0.1, 0.15) is 5.83 Å². The number of carbonyl (C=O) groups is 1. The summed E-state index contributed by atoms with van der Waals surface area (Å²) in [5.74, 6) is -0.228. The maximum absolute atomic E-state index is 14.2. The molecule has 2 aromatic carbocycles. The van der Waals surface area contributed by atoms with E-state index in [0.717, 1.165) is 43.7 Å². The standard InChI is InChI=1S/C29H34F4N2O/c1-2-3-4-9-19-34-28(36)35(20-18-24-10-5-8-13-27(24)30)21-22-14-16-23(17-15-22)25-11-6-7-12-26(25)29(31,32)33/h6-7,10-17H,2-5,8-9,18-21H2,1H3,(H,34,36). The molecule has 0 aromatic heterocycles. The van der Waals surface area contributed by atoms with Gasteiger partial charge in [0.2, 0.25) is 0 Å². The fourth-order valence-electron chi connectivity index (χ4n) is 4.28. The first kappa shape index (κ1) is 27.5. The fourth-order valence-corrected chi connectivity index (χ4v) is 4.28. The zero-order valence-corrected chi connectivity index (χ0v) is 20.7. The summed E-state index contributed by atoms with van der Waals surface area (Å²) in [5, 5.41) is 2.96. The Balaban J connectivity index is 1.71. The minimum absolute atomic E-state index is 0.115. The van der Waals surface area contributed by atoms with Crippen molar-refractivity contribution in [1.29, 1.82) is 0 Å². The second-order valence-electron chi connectivity index (χ2n) is 9.06. The van der Waals surface area contributed by atoms with Gasteiger partial charge < -0.3 is 10.2 Å². The Hall–Kier alpha value is -3.09. The average Bonchev–Trinajstić information content (AvgIpc) is 2.87. The van der Waals surface area contributed by atoms with Gasteiger partial charge in [0, 0.05) is 19.6 Å². The largest absolute Gasteiger partial charge is 0.417 e. The molecule has 0 unspecified atom stereocenters. The molecule has 1 aliphatic rings. The maximum atomic E-state index is 14.2. The number of hydrogen-bond donors (Lipinski definition) is 1. The van der Waals surface area contributed by atoms with Gasteiger partial charge in [-0.15, -0.1) is 0 Å². The van der Waals surface area contributed by atoms with E-state index in [1.54, 1.807) is 41.3 Å². The van der Waals surface area contributed by atoms with Crippen molar-refractivity contribution in [1.82, 2.24) is 10.2 Å². The number of urea groups is 1. The molecule has 0 fully saturated rings. The monoisotopic (exact) mass is 502 g/mol. The molecule has 0 atom stereocenters. The molecular formula is C29H34F4N2O. The number of carbonyl (C=O) groups excluding carboxylic acids is 1. The summed E-state index contributed by atoms with van der Waals surface area (Å²) in [5.41, 5.74) is 1.29. The highest BCUT2D eigenvalue weighted by molar-refractivity contribution is 5.74. The molecule has 0 aliphatic heterocycles. The van der Waals surface area contributed by atoms with Gasteiger partial charge in [-0.25, -0.2) is 9.18 Å². The van der Waals surface area contributed by atoms with E-state index in [1.807, 2.05) is 6.08 Å². The third-order valence-electron chi connectivity index (χ3n) is 6.30. The van der Waals surface area contributed by atoms with Crippen LogP contribution in [0.5, 0.6) is 0 Å². The lowest BCUT2D eigenvalue weighted by atomic mass is 9.98. The van der Waals surface area contributed by atoms with Crippen LogP contribution >= 0.6 is 0 Å². The molecule has 0 spiro atoms. The molecule has 0 radical (unpaired) electrons. The lowest BCUT2D eigenvalue weighted by Gasteiger charge is -2.24. The van der Waals surface area contributed by atoms with Crippen LogP contribution in [-0.2, 0) is 12.7 Å². The summed E-state index contributed by atoms with van der Waals surface area (Å²) in [6.07, 6.45) is 5.04. The number of unbranched alkanes of at least 4 members (excludes halogenated alkanes) is 3. The third-order valence-corrected chi connectivity index (χ3v) is 6.30. The van der Waals surface area contributed by atoms with Crippen molar-refractivity contribution in [3.05, 3.63) is 83.2 Å². The van der Waals surface area contributed by atoms with Crippen LogP contribution in [0.15, 0.2) is 72.1 Å². The van der Waals surface area contributed by atoms with Crippen LogP contribution in [0.3, 0.4) is 0 Å². The Morgan fingerprint density at radius 3 is 2.39 bits per heavy atom. The number of nitrogens with one attached hydrogen (secondary N) is 1. The van der Waals surface area contributed by atoms with E-state index < -0.39 is 11.7 Å². The van der Waals surface area contributed by atoms with Crippen molar-refractivity contribution in [3.63, 3.8) is 0 Å². The zero-order valence-electron chi connectivity index (χ0n) is 20.7. The number of hydrogen-bond acceptors (Lipinski definition) is 1. The van der Waals surface area contributed by atoms with Gasteiger partial charge in [-0.1, -0.05) is 74.7 Å². The number of nitrogens with zero attached hydrogens (tertiary/aromatic N) is 1. The molecule has 1 aliphatic carbocycles. The van der Waals surface area contributed by atoms with Crippen molar-refractivity contribution < 1.29 is 22.4 Å². The van der Waals surface area contributed by atoms with Gasteiger partial charge in [-0.2, -0.15) is 13.2 Å². The summed E-state index contributed by atoms with van der Waals surface area (Å²) in [6, 6.07) is 12.0. The number of benzene rings is 2. The van der Waals surface area contributed by atoms with Gasteiger partial charge in [0.25, 0.3) is 0 Å². The average molecular weight is 503 g/mol. The van der Waals surface area contributed by atoms with Crippen molar-refractivity contribution >= 4 is 6.03 Å². The zero-order chi connectivity index (χ0) is 26.0. The lowest BCUT2D eigenvalue weighted by molar-refractivity contribution is -0.137. The Labute approximate surface area is 210 Å². The first-order chi connectivity index (χ1) is 17.3. The van der Waals surface area contributed by atoms with E-state index in [2.05, 4.69) is 12.2 Å². The highest BCUT2D eigenvalue weighted by Gasteiger charge is 2.33. The summed E-state index contributed by atoms with van der Waals surface area (Å²) in [7, 11) is 0. The summed E-state index contributed by atoms with van der Waals surface area (Å²) in [4.78, 5) is 14.6. The molecule has 0 bridgehead atoms. The molecule has 2 amide bonds. The number of alkyl halides is 3. The van der Waals surface area contributed by atoms with Crippen LogP contribution in [0.25, 0.3) is 11.1 Å². The molecule has 194 valence electrons. The SMILES string of the molecule is CCCCCCNC(=O)N(CCC1=CCCC=C1F)Cc1ccc(-c2ccccc2C(F)(F)F)cc1. The van der Waals surface area contributed by atoms with Crippen molar-refractivity contribution in [2.75, 3.05) is 13.1 Å². The Morgan fingerprint density at radius 1 is 0.972 bits per heavy atom. The number of halogens is 4.